The van der Waals surface area contributed by atoms with Gasteiger partial charge in [0.15, 0.2) is 0 Å². The van der Waals surface area contributed by atoms with Crippen LogP contribution in [0.2, 0.25) is 0 Å². The number of nitrogens with zero attached hydrogens (tertiary/aromatic N) is 3. The zero-order valence-electron chi connectivity index (χ0n) is 11.8. The summed E-state index contributed by atoms with van der Waals surface area (Å²) >= 11 is 1.79. The summed E-state index contributed by atoms with van der Waals surface area (Å²) in [7, 11) is 0. The molecule has 6 nitrogen and oxygen atoms in total. The monoisotopic (exact) mass is 294 g/mol. The molecule has 0 aliphatic heterocycles. The van der Waals surface area contributed by atoms with E-state index in [9.17, 15) is 10.1 Å². The molecule has 0 atom stereocenters. The Balaban J connectivity index is 2.90. The summed E-state index contributed by atoms with van der Waals surface area (Å²) in [6.07, 6.45) is 4.09. The van der Waals surface area contributed by atoms with E-state index in [-0.39, 0.29) is 16.1 Å². The SMILES string of the molecule is CCC(CC)(CNc1ccc([N+](=O)[O-])c(C#N)n1)SC. The zero-order valence-corrected chi connectivity index (χ0v) is 12.7. The molecule has 0 unspecified atom stereocenters. The van der Waals surface area contributed by atoms with E-state index < -0.39 is 4.92 Å². The molecule has 0 aromatic carbocycles. The molecule has 0 spiro atoms. The van der Waals surface area contributed by atoms with Gasteiger partial charge in [-0.2, -0.15) is 17.0 Å². The third kappa shape index (κ3) is 3.61. The molecule has 0 bridgehead atoms. The first-order chi connectivity index (χ1) is 9.51. The van der Waals surface area contributed by atoms with Crippen LogP contribution in [0.1, 0.15) is 32.4 Å². The van der Waals surface area contributed by atoms with Crippen LogP contribution < -0.4 is 5.32 Å². The van der Waals surface area contributed by atoms with Gasteiger partial charge in [-0.25, -0.2) is 4.98 Å². The highest BCUT2D eigenvalue weighted by Gasteiger charge is 2.25. The molecule has 1 heterocycles. The topological polar surface area (TPSA) is 91.9 Å². The number of nitrogens with one attached hydrogen (secondary N) is 1. The van der Waals surface area contributed by atoms with Crippen molar-refractivity contribution < 1.29 is 4.92 Å². The van der Waals surface area contributed by atoms with Gasteiger partial charge in [0, 0.05) is 17.4 Å². The number of thioether (sulfide) groups is 1. The maximum absolute atomic E-state index is 10.7. The van der Waals surface area contributed by atoms with Crippen molar-refractivity contribution in [2.75, 3.05) is 18.1 Å². The molecule has 108 valence electrons. The number of nitro groups is 1. The fourth-order valence-electron chi connectivity index (χ4n) is 1.89. The first-order valence-corrected chi connectivity index (χ1v) is 7.59. The second-order valence-corrected chi connectivity index (χ2v) is 5.66. The molecule has 1 N–H and O–H groups in total. The summed E-state index contributed by atoms with van der Waals surface area (Å²) in [5.41, 5.74) is -0.428. The lowest BCUT2D eigenvalue weighted by molar-refractivity contribution is -0.385. The molecule has 0 aliphatic rings. The maximum atomic E-state index is 10.7. The van der Waals surface area contributed by atoms with E-state index in [1.54, 1.807) is 17.8 Å². The third-order valence-corrected chi connectivity index (χ3v) is 5.08. The second kappa shape index (κ2) is 7.10. The van der Waals surface area contributed by atoms with Crippen LogP contribution in [-0.4, -0.2) is 27.5 Å². The Morgan fingerprint density at radius 1 is 1.50 bits per heavy atom. The predicted molar refractivity (Wildman–Crippen MR) is 80.9 cm³/mol. The van der Waals surface area contributed by atoms with E-state index in [0.29, 0.717) is 12.4 Å². The van der Waals surface area contributed by atoms with Gasteiger partial charge in [0.25, 0.3) is 0 Å². The predicted octanol–water partition coefficient (Wildman–Crippen LogP) is 3.20. The van der Waals surface area contributed by atoms with Crippen molar-refractivity contribution in [3.63, 3.8) is 0 Å². The molecule has 0 saturated heterocycles. The summed E-state index contributed by atoms with van der Waals surface area (Å²) in [6.45, 7) is 4.97. The fraction of sp³-hybridized carbons (Fsp3) is 0.538. The Bertz CT molecular complexity index is 515. The molecule has 0 fully saturated rings. The summed E-state index contributed by atoms with van der Waals surface area (Å²) in [6, 6.07) is 4.61. The number of hydrogen-bond donors (Lipinski definition) is 1. The third-order valence-electron chi connectivity index (χ3n) is 3.49. The molecule has 0 aliphatic carbocycles. The van der Waals surface area contributed by atoms with Crippen molar-refractivity contribution in [2.24, 2.45) is 0 Å². The van der Waals surface area contributed by atoms with Gasteiger partial charge >= 0.3 is 5.69 Å². The lowest BCUT2D eigenvalue weighted by Crippen LogP contribution is -2.32. The number of hydrogen-bond acceptors (Lipinski definition) is 6. The highest BCUT2D eigenvalue weighted by molar-refractivity contribution is 8.00. The van der Waals surface area contributed by atoms with Crippen LogP contribution in [-0.2, 0) is 0 Å². The summed E-state index contributed by atoms with van der Waals surface area (Å²) in [5.74, 6) is 0.493. The Kier molecular flexibility index (Phi) is 5.77. The molecular weight excluding hydrogens is 276 g/mol. The van der Waals surface area contributed by atoms with E-state index >= 15 is 0 Å². The first-order valence-electron chi connectivity index (χ1n) is 6.36. The van der Waals surface area contributed by atoms with Gasteiger partial charge < -0.3 is 5.32 Å². The zero-order chi connectivity index (χ0) is 15.2. The van der Waals surface area contributed by atoms with E-state index in [0.717, 1.165) is 12.8 Å². The molecular formula is C13H18N4O2S. The van der Waals surface area contributed by atoms with Crippen LogP contribution in [0.3, 0.4) is 0 Å². The fourth-order valence-corrected chi connectivity index (χ4v) is 2.69. The Labute approximate surface area is 122 Å². The number of pyridine rings is 1. The van der Waals surface area contributed by atoms with Crippen molar-refractivity contribution >= 4 is 23.3 Å². The average molecular weight is 294 g/mol. The van der Waals surface area contributed by atoms with E-state index in [4.69, 9.17) is 5.26 Å². The van der Waals surface area contributed by atoms with Crippen LogP contribution in [0.5, 0.6) is 0 Å². The van der Waals surface area contributed by atoms with Crippen molar-refractivity contribution in [3.8, 4) is 6.07 Å². The van der Waals surface area contributed by atoms with E-state index in [2.05, 4.69) is 30.4 Å². The Morgan fingerprint density at radius 3 is 2.60 bits per heavy atom. The molecule has 1 aromatic heterocycles. The van der Waals surface area contributed by atoms with Crippen LogP contribution in [0.4, 0.5) is 11.5 Å². The van der Waals surface area contributed by atoms with Gasteiger partial charge in [-0.15, -0.1) is 0 Å². The standard InChI is InChI=1S/C13H18N4O2S/c1-4-13(5-2,20-3)9-15-12-7-6-11(17(18)19)10(8-14)16-12/h6-7H,4-5,9H2,1-3H3,(H,15,16). The molecule has 1 aromatic rings. The van der Waals surface area contributed by atoms with Crippen molar-refractivity contribution in [1.82, 2.24) is 4.98 Å². The summed E-state index contributed by atoms with van der Waals surface area (Å²) < 4.78 is 0.107. The maximum Gasteiger partial charge on any atom is 0.305 e. The lowest BCUT2D eigenvalue weighted by atomic mass is 10.0. The Morgan fingerprint density at radius 2 is 2.15 bits per heavy atom. The molecule has 0 radical (unpaired) electrons. The van der Waals surface area contributed by atoms with Crippen LogP contribution >= 0.6 is 11.8 Å². The Hall–Kier alpha value is -1.81. The minimum Gasteiger partial charge on any atom is -0.369 e. The summed E-state index contributed by atoms with van der Waals surface area (Å²) in [4.78, 5) is 14.1. The summed E-state index contributed by atoms with van der Waals surface area (Å²) in [5, 5.41) is 22.8. The minimum atomic E-state index is -0.598. The molecule has 20 heavy (non-hydrogen) atoms. The van der Waals surface area contributed by atoms with Crippen molar-refractivity contribution in [1.29, 1.82) is 5.26 Å². The highest BCUT2D eigenvalue weighted by atomic mass is 32.2. The van der Waals surface area contributed by atoms with Gasteiger partial charge in [0.1, 0.15) is 11.9 Å². The lowest BCUT2D eigenvalue weighted by Gasteiger charge is -2.30. The number of anilines is 1. The number of rotatable bonds is 7. The number of nitriles is 1. The molecule has 0 amide bonds. The minimum absolute atomic E-state index is 0.107. The van der Waals surface area contributed by atoms with Crippen LogP contribution in [0, 0.1) is 21.4 Å². The van der Waals surface area contributed by atoms with Crippen molar-refractivity contribution in [2.45, 2.75) is 31.4 Å². The number of aromatic nitrogens is 1. The molecule has 1 rings (SSSR count). The molecule has 7 heteroatoms. The van der Waals surface area contributed by atoms with Crippen molar-refractivity contribution in [3.05, 3.63) is 27.9 Å². The van der Waals surface area contributed by atoms with Gasteiger partial charge in [0.05, 0.1) is 4.92 Å². The van der Waals surface area contributed by atoms with Gasteiger partial charge in [-0.05, 0) is 25.2 Å². The van der Waals surface area contributed by atoms with E-state index in [1.165, 1.54) is 12.1 Å². The molecule has 0 saturated carbocycles. The van der Waals surface area contributed by atoms with Crippen LogP contribution in [0.25, 0.3) is 0 Å². The average Bonchev–Trinajstić information content (AvgIpc) is 2.48. The second-order valence-electron chi connectivity index (χ2n) is 4.38. The van der Waals surface area contributed by atoms with E-state index in [1.807, 2.05) is 0 Å². The quantitative estimate of drug-likeness (QED) is 0.613. The van der Waals surface area contributed by atoms with Gasteiger partial charge in [-0.3, -0.25) is 10.1 Å². The highest BCUT2D eigenvalue weighted by Crippen LogP contribution is 2.30. The smallest absolute Gasteiger partial charge is 0.305 e. The van der Waals surface area contributed by atoms with Gasteiger partial charge in [0.2, 0.25) is 5.69 Å². The normalized spacial score (nSPS) is 10.9. The van der Waals surface area contributed by atoms with Crippen LogP contribution in [0.15, 0.2) is 12.1 Å². The first kappa shape index (κ1) is 16.2. The van der Waals surface area contributed by atoms with Gasteiger partial charge in [-0.1, -0.05) is 13.8 Å². The largest absolute Gasteiger partial charge is 0.369 e.